The van der Waals surface area contributed by atoms with E-state index in [-0.39, 0.29) is 33.7 Å². The number of carbonyl (C=O) groups excluding carboxylic acids is 2. The summed E-state index contributed by atoms with van der Waals surface area (Å²) >= 11 is 0. The van der Waals surface area contributed by atoms with Gasteiger partial charge in [-0.05, 0) is 48.3 Å². The lowest BCUT2D eigenvalue weighted by atomic mass is 9.66. The molecule has 0 aromatic rings. The molecule has 4 unspecified atom stereocenters. The van der Waals surface area contributed by atoms with Crippen molar-refractivity contribution in [2.75, 3.05) is 5.75 Å². The van der Waals surface area contributed by atoms with Crippen LogP contribution in [-0.4, -0.2) is 37.2 Å². The number of nitriles is 2. The first-order valence-corrected chi connectivity index (χ1v) is 13.7. The first-order valence-electron chi connectivity index (χ1n) is 12.0. The summed E-state index contributed by atoms with van der Waals surface area (Å²) < 4.78 is 24.3. The third-order valence-electron chi connectivity index (χ3n) is 10.1. The van der Waals surface area contributed by atoms with Gasteiger partial charge in [0.2, 0.25) is 5.25 Å². The van der Waals surface area contributed by atoms with Gasteiger partial charge in [-0.15, -0.1) is 0 Å². The summed E-state index contributed by atoms with van der Waals surface area (Å²) in [7, 11) is -3.90. The molecular formula is C26H32N4O4S. The van der Waals surface area contributed by atoms with Crippen LogP contribution in [0.1, 0.15) is 72.6 Å². The van der Waals surface area contributed by atoms with E-state index in [1.54, 1.807) is 0 Å². The van der Waals surface area contributed by atoms with Crippen LogP contribution in [-0.2, 0) is 19.4 Å². The molecule has 4 atom stereocenters. The molecule has 0 amide bonds. The molecule has 186 valence electrons. The molecule has 9 heteroatoms. The third-order valence-corrected chi connectivity index (χ3v) is 12.0. The lowest BCUT2D eigenvalue weighted by Gasteiger charge is -2.36. The number of rotatable bonds is 5. The van der Waals surface area contributed by atoms with Crippen LogP contribution in [0, 0.1) is 69.3 Å². The average Bonchev–Trinajstić information content (AvgIpc) is 3.31. The monoisotopic (exact) mass is 496 g/mol. The smallest absolute Gasteiger partial charge is 0.299 e. The minimum Gasteiger partial charge on any atom is -0.299 e. The number of hydrogen-bond donors (Lipinski definition) is 0. The second-order valence-corrected chi connectivity index (χ2v) is 13.8. The molecule has 4 aliphatic rings. The first-order chi connectivity index (χ1) is 16.2. The quantitative estimate of drug-likeness (QED) is 0.527. The second-order valence-electron chi connectivity index (χ2n) is 11.7. The van der Waals surface area contributed by atoms with E-state index in [9.17, 15) is 18.0 Å². The molecule has 4 aliphatic carbocycles. The highest BCUT2D eigenvalue weighted by atomic mass is 32.2. The Morgan fingerprint density at radius 2 is 1.34 bits per heavy atom. The Morgan fingerprint density at radius 1 is 0.914 bits per heavy atom. The summed E-state index contributed by atoms with van der Waals surface area (Å²) in [5.74, 6) is 0.599. The van der Waals surface area contributed by atoms with Crippen molar-refractivity contribution in [1.29, 1.82) is 10.5 Å². The molecule has 0 radical (unpaired) electrons. The molecule has 35 heavy (non-hydrogen) atoms. The molecule has 4 fully saturated rings. The molecule has 4 rings (SSSR count). The van der Waals surface area contributed by atoms with Crippen molar-refractivity contribution in [3.05, 3.63) is 22.8 Å². The van der Waals surface area contributed by atoms with Gasteiger partial charge in [-0.2, -0.15) is 10.5 Å². The van der Waals surface area contributed by atoms with Crippen LogP contribution < -0.4 is 0 Å². The van der Waals surface area contributed by atoms with Gasteiger partial charge in [0, 0.05) is 18.3 Å². The highest BCUT2D eigenvalue weighted by Gasteiger charge is 2.67. The fourth-order valence-electron chi connectivity index (χ4n) is 7.40. The zero-order valence-corrected chi connectivity index (χ0v) is 21.6. The molecule has 0 heterocycles. The van der Waals surface area contributed by atoms with E-state index in [0.717, 1.165) is 19.3 Å². The number of Topliss-reactive ketones (excluding diaryl/α,β-unsaturated/α-hetero) is 2. The highest BCUT2D eigenvalue weighted by molar-refractivity contribution is 7.92. The number of hydrogen-bond acceptors (Lipinski definition) is 6. The third kappa shape index (κ3) is 3.77. The maximum Gasteiger partial charge on any atom is 0.475 e. The van der Waals surface area contributed by atoms with Crippen LogP contribution >= 0.6 is 0 Å². The van der Waals surface area contributed by atoms with Crippen molar-refractivity contribution >= 4 is 21.4 Å². The molecule has 0 N–H and O–H groups in total. The van der Waals surface area contributed by atoms with E-state index in [2.05, 4.69) is 23.5 Å². The summed E-state index contributed by atoms with van der Waals surface area (Å²) in [5, 5.41) is 15.8. The molecular weight excluding hydrogens is 464 g/mol. The second kappa shape index (κ2) is 8.72. The lowest BCUT2D eigenvalue weighted by Crippen LogP contribution is -2.44. The Hall–Kier alpha value is -2.75. The van der Waals surface area contributed by atoms with Crippen molar-refractivity contribution in [1.82, 2.24) is 0 Å². The molecule has 4 saturated carbocycles. The number of ketones is 2. The Bertz CT molecular complexity index is 1180. The summed E-state index contributed by atoms with van der Waals surface area (Å²) in [6.45, 7) is 22.1. The van der Waals surface area contributed by atoms with Crippen LogP contribution in [0.3, 0.4) is 0 Å². The van der Waals surface area contributed by atoms with Gasteiger partial charge < -0.3 is 0 Å². The largest absolute Gasteiger partial charge is 0.475 e. The molecule has 4 bridgehead atoms. The predicted molar refractivity (Wildman–Crippen MR) is 128 cm³/mol. The molecule has 0 aliphatic heterocycles. The van der Waals surface area contributed by atoms with Crippen molar-refractivity contribution in [2.24, 2.45) is 33.5 Å². The number of sulfone groups is 1. The van der Waals surface area contributed by atoms with E-state index in [4.69, 9.17) is 23.7 Å². The number of nitrogens with zero attached hydrogens (tertiary/aromatic N) is 4. The molecule has 0 aromatic heterocycles. The predicted octanol–water partition coefficient (Wildman–Crippen LogP) is 4.15. The van der Waals surface area contributed by atoms with E-state index < -0.39 is 26.7 Å². The summed E-state index contributed by atoms with van der Waals surface area (Å²) in [4.78, 5) is 31.0. The van der Waals surface area contributed by atoms with Crippen molar-refractivity contribution < 1.29 is 18.0 Å². The first kappa shape index (κ1) is 26.8. The molecule has 0 saturated heterocycles. The molecule has 8 nitrogen and oxygen atoms in total. The number of carbonyl (C=O) groups is 2. The molecule has 0 aromatic carbocycles. The van der Waals surface area contributed by atoms with Crippen LogP contribution in [0.4, 0.5) is 0 Å². The van der Waals surface area contributed by atoms with E-state index in [1.807, 2.05) is 13.8 Å². The SMILES string of the molecule is CC1(C)C2CCC1(CS(=O)(=O)C(C#N)C#N)C(=O)C2.[C-]#[N+]C(CC12CCC(CC1=O)C2(C)C)[N+]#[C-]. The lowest BCUT2D eigenvalue weighted by molar-refractivity contribution is -0.130. The zero-order valence-electron chi connectivity index (χ0n) is 20.8. The van der Waals surface area contributed by atoms with Gasteiger partial charge in [-0.3, -0.25) is 9.59 Å². The van der Waals surface area contributed by atoms with E-state index >= 15 is 0 Å². The fourth-order valence-corrected chi connectivity index (χ4v) is 9.26. The van der Waals surface area contributed by atoms with E-state index in [1.165, 1.54) is 12.1 Å². The van der Waals surface area contributed by atoms with Gasteiger partial charge >= 0.3 is 6.17 Å². The van der Waals surface area contributed by atoms with Crippen molar-refractivity contribution in [3.8, 4) is 12.1 Å². The van der Waals surface area contributed by atoms with Gasteiger partial charge in [0.05, 0.1) is 23.3 Å². The standard InChI is InChI=1S/C13H16N2O3S.C13H16N2O/c1-12(2)9-3-4-13(12,11(16)5-9)8-19(17,18)10(6-14)7-15;1-12(2)9-5-6-13(12,10(16)7-9)8-11(14-3)15-4/h9-10H,3-5,8H2,1-2H3;9,11H,5-8H2,1-2H3. The molecule has 0 spiro atoms. The van der Waals surface area contributed by atoms with Gasteiger partial charge in [-0.25, -0.2) is 31.3 Å². The van der Waals surface area contributed by atoms with Gasteiger partial charge in [-0.1, -0.05) is 27.7 Å². The zero-order chi connectivity index (χ0) is 26.4. The summed E-state index contributed by atoms with van der Waals surface area (Å²) in [6, 6.07) is 3.01. The maximum absolute atomic E-state index is 12.2. The van der Waals surface area contributed by atoms with E-state index in [0.29, 0.717) is 37.4 Å². The number of fused-ring (bicyclic) bond motifs is 4. The van der Waals surface area contributed by atoms with Crippen LogP contribution in [0.15, 0.2) is 0 Å². The van der Waals surface area contributed by atoms with Crippen LogP contribution in [0.5, 0.6) is 0 Å². The maximum atomic E-state index is 12.2. The average molecular weight is 497 g/mol. The Labute approximate surface area is 208 Å². The Balaban J connectivity index is 0.000000198. The normalized spacial score (nSPS) is 33.5. The summed E-state index contributed by atoms with van der Waals surface area (Å²) in [6.07, 6.45) is 4.22. The van der Waals surface area contributed by atoms with Crippen molar-refractivity contribution in [2.45, 2.75) is 84.1 Å². The van der Waals surface area contributed by atoms with Crippen LogP contribution in [0.2, 0.25) is 0 Å². The minimum atomic E-state index is -3.90. The fraction of sp³-hybridized carbons (Fsp3) is 0.769. The van der Waals surface area contributed by atoms with Crippen LogP contribution in [0.25, 0.3) is 9.69 Å². The highest BCUT2D eigenvalue weighted by Crippen LogP contribution is 2.66. The Morgan fingerprint density at radius 3 is 1.66 bits per heavy atom. The summed E-state index contributed by atoms with van der Waals surface area (Å²) in [5.41, 5.74) is -1.66. The van der Waals surface area contributed by atoms with Gasteiger partial charge in [0.1, 0.15) is 18.0 Å². The Kier molecular flexibility index (Phi) is 6.69. The van der Waals surface area contributed by atoms with Gasteiger partial charge in [0.15, 0.2) is 9.84 Å². The topological polar surface area (TPSA) is 125 Å². The minimum absolute atomic E-state index is 0.0162. The van der Waals surface area contributed by atoms with Crippen molar-refractivity contribution in [3.63, 3.8) is 0 Å². The van der Waals surface area contributed by atoms with Gasteiger partial charge in [0.25, 0.3) is 0 Å².